The minimum absolute atomic E-state index is 0.678. The smallest absolute Gasteiger partial charge is 0.0619 e. The van der Waals surface area contributed by atoms with E-state index in [0.717, 1.165) is 18.6 Å². The summed E-state index contributed by atoms with van der Waals surface area (Å²) in [5.41, 5.74) is 0. The second-order valence-electron chi connectivity index (χ2n) is 3.43. The molecule has 0 aromatic carbocycles. The van der Waals surface area contributed by atoms with E-state index in [1.165, 1.54) is 19.3 Å². The fourth-order valence-electron chi connectivity index (χ4n) is 2.31. The van der Waals surface area contributed by atoms with Gasteiger partial charge in [0.2, 0.25) is 0 Å². The zero-order valence-electron chi connectivity index (χ0n) is 6.47. The van der Waals surface area contributed by atoms with Crippen molar-refractivity contribution in [1.29, 1.82) is 0 Å². The summed E-state index contributed by atoms with van der Waals surface area (Å²) in [6.07, 6.45) is 4.24. The maximum absolute atomic E-state index is 5.09. The average Bonchev–Trinajstić information content (AvgIpc) is 2.26. The van der Waals surface area contributed by atoms with Crippen LogP contribution in [0.3, 0.4) is 0 Å². The zero-order valence-corrected chi connectivity index (χ0v) is 6.47. The summed E-state index contributed by atoms with van der Waals surface area (Å²) in [5, 5.41) is 3.52. The molecule has 1 heterocycles. The number of nitrogens with one attached hydrogen (secondary N) is 1. The van der Waals surface area contributed by atoms with Crippen molar-refractivity contribution in [3.8, 4) is 0 Å². The first-order valence-electron chi connectivity index (χ1n) is 4.17. The summed E-state index contributed by atoms with van der Waals surface area (Å²) in [4.78, 5) is 0. The molecule has 0 amide bonds. The van der Waals surface area contributed by atoms with Crippen LogP contribution in [-0.2, 0) is 4.74 Å². The lowest BCUT2D eigenvalue weighted by Crippen LogP contribution is -2.60. The Labute approximate surface area is 61.9 Å². The molecule has 1 aliphatic carbocycles. The van der Waals surface area contributed by atoms with E-state index in [2.05, 4.69) is 5.32 Å². The molecule has 0 bridgehead atoms. The predicted octanol–water partition coefficient (Wildman–Crippen LogP) is 0.773. The quantitative estimate of drug-likeness (QED) is 0.613. The Kier molecular flexibility index (Phi) is 1.66. The van der Waals surface area contributed by atoms with Crippen LogP contribution in [0.15, 0.2) is 0 Å². The Bertz CT molecular complexity index is 126. The minimum atomic E-state index is 0.678. The van der Waals surface area contributed by atoms with Crippen molar-refractivity contribution < 1.29 is 4.74 Å². The molecule has 2 nitrogen and oxygen atoms in total. The highest BCUT2D eigenvalue weighted by atomic mass is 16.5. The Morgan fingerprint density at radius 3 is 3.10 bits per heavy atom. The highest BCUT2D eigenvalue weighted by Crippen LogP contribution is 2.35. The van der Waals surface area contributed by atoms with Crippen molar-refractivity contribution in [1.82, 2.24) is 5.32 Å². The van der Waals surface area contributed by atoms with Gasteiger partial charge in [-0.1, -0.05) is 6.42 Å². The van der Waals surface area contributed by atoms with Crippen molar-refractivity contribution in [2.75, 3.05) is 13.7 Å². The minimum Gasteiger partial charge on any atom is -0.383 e. The van der Waals surface area contributed by atoms with Crippen LogP contribution >= 0.6 is 0 Å². The summed E-state index contributed by atoms with van der Waals surface area (Å²) in [7, 11) is 1.78. The van der Waals surface area contributed by atoms with Crippen LogP contribution in [0.2, 0.25) is 0 Å². The van der Waals surface area contributed by atoms with Crippen LogP contribution in [0.1, 0.15) is 19.3 Å². The van der Waals surface area contributed by atoms with Crippen molar-refractivity contribution in [3.63, 3.8) is 0 Å². The first-order valence-corrected chi connectivity index (χ1v) is 4.17. The molecule has 0 aromatic rings. The lowest BCUT2D eigenvalue weighted by atomic mass is 9.86. The summed E-state index contributed by atoms with van der Waals surface area (Å²) >= 11 is 0. The van der Waals surface area contributed by atoms with Gasteiger partial charge < -0.3 is 10.1 Å². The van der Waals surface area contributed by atoms with E-state index in [-0.39, 0.29) is 0 Å². The van der Waals surface area contributed by atoms with Gasteiger partial charge in [-0.05, 0) is 18.8 Å². The molecular weight excluding hydrogens is 126 g/mol. The van der Waals surface area contributed by atoms with Crippen LogP contribution in [0.25, 0.3) is 0 Å². The van der Waals surface area contributed by atoms with E-state index >= 15 is 0 Å². The topological polar surface area (TPSA) is 21.3 Å². The van der Waals surface area contributed by atoms with Gasteiger partial charge in [0, 0.05) is 19.2 Å². The Hall–Kier alpha value is -0.0800. The van der Waals surface area contributed by atoms with Gasteiger partial charge in [0.05, 0.1) is 6.61 Å². The van der Waals surface area contributed by atoms with Gasteiger partial charge >= 0.3 is 0 Å². The largest absolute Gasteiger partial charge is 0.383 e. The summed E-state index contributed by atoms with van der Waals surface area (Å²) in [6, 6.07) is 1.53. The van der Waals surface area contributed by atoms with E-state index in [4.69, 9.17) is 4.74 Å². The monoisotopic (exact) mass is 141 g/mol. The van der Waals surface area contributed by atoms with Crippen molar-refractivity contribution in [2.45, 2.75) is 31.3 Å². The van der Waals surface area contributed by atoms with Crippen LogP contribution < -0.4 is 5.32 Å². The third-order valence-electron chi connectivity index (χ3n) is 2.86. The molecule has 1 saturated carbocycles. The summed E-state index contributed by atoms with van der Waals surface area (Å²) in [5.74, 6) is 0.944. The van der Waals surface area contributed by atoms with Crippen molar-refractivity contribution >= 4 is 0 Å². The molecule has 2 fully saturated rings. The Balaban J connectivity index is 1.83. The van der Waals surface area contributed by atoms with Gasteiger partial charge in [-0.2, -0.15) is 0 Å². The van der Waals surface area contributed by atoms with Gasteiger partial charge in [0.1, 0.15) is 0 Å². The van der Waals surface area contributed by atoms with Gasteiger partial charge in [-0.15, -0.1) is 0 Å². The number of fused-ring (bicyclic) bond motifs is 1. The Morgan fingerprint density at radius 2 is 2.40 bits per heavy atom. The van der Waals surface area contributed by atoms with Gasteiger partial charge in [0.25, 0.3) is 0 Å². The van der Waals surface area contributed by atoms with Gasteiger partial charge in [0.15, 0.2) is 0 Å². The highest BCUT2D eigenvalue weighted by Gasteiger charge is 2.42. The second-order valence-corrected chi connectivity index (χ2v) is 3.43. The van der Waals surface area contributed by atoms with Crippen molar-refractivity contribution in [2.24, 2.45) is 5.92 Å². The van der Waals surface area contributed by atoms with Crippen molar-refractivity contribution in [3.05, 3.63) is 0 Å². The standard InChI is InChI=1S/C8H15NO/c1-10-5-8-6-3-2-4-7(6)9-8/h6-9H,2-5H2,1H3. The molecule has 58 valence electrons. The SMILES string of the molecule is COCC1NC2CCCC21. The number of methoxy groups -OCH3 is 1. The molecule has 1 N–H and O–H groups in total. The van der Waals surface area contributed by atoms with E-state index < -0.39 is 0 Å². The first kappa shape index (κ1) is 6.62. The molecule has 0 aromatic heterocycles. The lowest BCUT2D eigenvalue weighted by Gasteiger charge is -2.41. The maximum atomic E-state index is 5.09. The third-order valence-corrected chi connectivity index (χ3v) is 2.86. The van der Waals surface area contributed by atoms with Crippen LogP contribution in [0.4, 0.5) is 0 Å². The molecule has 0 radical (unpaired) electrons. The van der Waals surface area contributed by atoms with Gasteiger partial charge in [-0.25, -0.2) is 0 Å². The summed E-state index contributed by atoms with van der Waals surface area (Å²) in [6.45, 7) is 0.904. The molecule has 3 unspecified atom stereocenters. The van der Waals surface area contributed by atoms with Crippen LogP contribution in [0, 0.1) is 5.92 Å². The van der Waals surface area contributed by atoms with Crippen LogP contribution in [-0.4, -0.2) is 25.8 Å². The molecule has 3 atom stereocenters. The van der Waals surface area contributed by atoms with E-state index in [1.54, 1.807) is 7.11 Å². The number of rotatable bonds is 2. The first-order chi connectivity index (χ1) is 4.92. The fraction of sp³-hybridized carbons (Fsp3) is 1.00. The second kappa shape index (κ2) is 2.51. The molecule has 2 aliphatic rings. The number of hydrogen-bond acceptors (Lipinski definition) is 2. The van der Waals surface area contributed by atoms with E-state index in [1.807, 2.05) is 0 Å². The average molecular weight is 141 g/mol. The van der Waals surface area contributed by atoms with Crippen LogP contribution in [0.5, 0.6) is 0 Å². The highest BCUT2D eigenvalue weighted by molar-refractivity contribution is 5.00. The van der Waals surface area contributed by atoms with E-state index in [0.29, 0.717) is 6.04 Å². The molecule has 0 spiro atoms. The normalized spacial score (nSPS) is 44.7. The van der Waals surface area contributed by atoms with Gasteiger partial charge in [-0.3, -0.25) is 0 Å². The zero-order chi connectivity index (χ0) is 6.97. The summed E-state index contributed by atoms with van der Waals surface area (Å²) < 4.78 is 5.09. The maximum Gasteiger partial charge on any atom is 0.0619 e. The predicted molar refractivity (Wildman–Crippen MR) is 39.9 cm³/mol. The molecular formula is C8H15NO. The molecule has 1 aliphatic heterocycles. The molecule has 10 heavy (non-hydrogen) atoms. The molecule has 1 saturated heterocycles. The fourth-order valence-corrected chi connectivity index (χ4v) is 2.31. The third kappa shape index (κ3) is 0.867. The number of ether oxygens (including phenoxy) is 1. The number of hydrogen-bond donors (Lipinski definition) is 1. The Morgan fingerprint density at radius 1 is 1.50 bits per heavy atom. The molecule has 2 rings (SSSR count). The lowest BCUT2D eigenvalue weighted by molar-refractivity contribution is 0.0726. The molecule has 2 heteroatoms. The van der Waals surface area contributed by atoms with E-state index in [9.17, 15) is 0 Å².